The first-order chi connectivity index (χ1) is 10.8. The number of rotatable bonds is 2. The Balaban J connectivity index is 1.92. The van der Waals surface area contributed by atoms with Gasteiger partial charge in [-0.2, -0.15) is 0 Å². The molecule has 2 nitrogen and oxygen atoms in total. The van der Waals surface area contributed by atoms with Gasteiger partial charge >= 0.3 is 0 Å². The van der Waals surface area contributed by atoms with Crippen LogP contribution in [0.15, 0.2) is 54.7 Å². The van der Waals surface area contributed by atoms with E-state index >= 15 is 0 Å². The SMILES string of the molecule is Ic1ccc(C2(c3c[nH]c4ccccc34)CCOCC2)cc1. The van der Waals surface area contributed by atoms with Crippen LogP contribution in [0.25, 0.3) is 10.9 Å². The number of hydrogen-bond donors (Lipinski definition) is 1. The third-order valence-electron chi connectivity index (χ3n) is 4.85. The van der Waals surface area contributed by atoms with Crippen LogP contribution in [0.3, 0.4) is 0 Å². The van der Waals surface area contributed by atoms with Crippen molar-refractivity contribution in [3.63, 3.8) is 0 Å². The average Bonchev–Trinajstić information content (AvgIpc) is 3.01. The van der Waals surface area contributed by atoms with Gasteiger partial charge in [0.15, 0.2) is 0 Å². The second-order valence-corrected chi connectivity index (χ2v) is 7.19. The number of nitrogens with one attached hydrogen (secondary N) is 1. The molecule has 3 heteroatoms. The molecule has 2 heterocycles. The number of fused-ring (bicyclic) bond motifs is 1. The molecule has 0 spiro atoms. The summed E-state index contributed by atoms with van der Waals surface area (Å²) in [5.74, 6) is 0. The highest BCUT2D eigenvalue weighted by atomic mass is 127. The highest BCUT2D eigenvalue weighted by Gasteiger charge is 2.37. The molecule has 1 aromatic heterocycles. The van der Waals surface area contributed by atoms with Gasteiger partial charge in [0.25, 0.3) is 0 Å². The van der Waals surface area contributed by atoms with Crippen molar-refractivity contribution in [3.8, 4) is 0 Å². The first-order valence-corrected chi connectivity index (χ1v) is 8.78. The highest BCUT2D eigenvalue weighted by Crippen LogP contribution is 2.44. The van der Waals surface area contributed by atoms with Crippen molar-refractivity contribution in [2.24, 2.45) is 0 Å². The van der Waals surface area contributed by atoms with Crippen LogP contribution in [0, 0.1) is 3.57 Å². The minimum atomic E-state index is 0.0577. The van der Waals surface area contributed by atoms with E-state index in [0.29, 0.717) is 0 Å². The molecular formula is C19H18INO. The van der Waals surface area contributed by atoms with Crippen LogP contribution < -0.4 is 0 Å². The fourth-order valence-corrected chi connectivity index (χ4v) is 4.03. The van der Waals surface area contributed by atoms with Gasteiger partial charge in [-0.1, -0.05) is 30.3 Å². The number of aromatic amines is 1. The smallest absolute Gasteiger partial charge is 0.0477 e. The summed E-state index contributed by atoms with van der Waals surface area (Å²) in [6.07, 6.45) is 4.28. The van der Waals surface area contributed by atoms with Crippen molar-refractivity contribution in [3.05, 3.63) is 69.4 Å². The molecule has 0 amide bonds. The van der Waals surface area contributed by atoms with Crippen LogP contribution in [0.2, 0.25) is 0 Å². The van der Waals surface area contributed by atoms with E-state index in [2.05, 4.69) is 82.3 Å². The van der Waals surface area contributed by atoms with Crippen molar-refractivity contribution in [2.45, 2.75) is 18.3 Å². The topological polar surface area (TPSA) is 25.0 Å². The maximum Gasteiger partial charge on any atom is 0.0477 e. The molecule has 2 aromatic carbocycles. The molecule has 1 fully saturated rings. The quantitative estimate of drug-likeness (QED) is 0.607. The van der Waals surface area contributed by atoms with Crippen LogP contribution in [0.1, 0.15) is 24.0 Å². The first kappa shape index (κ1) is 14.3. The van der Waals surface area contributed by atoms with Gasteiger partial charge in [0, 0.05) is 39.3 Å². The summed E-state index contributed by atoms with van der Waals surface area (Å²) >= 11 is 2.37. The molecular weight excluding hydrogens is 385 g/mol. The summed E-state index contributed by atoms with van der Waals surface area (Å²) in [5, 5.41) is 1.34. The van der Waals surface area contributed by atoms with Crippen molar-refractivity contribution >= 4 is 33.5 Å². The van der Waals surface area contributed by atoms with E-state index in [9.17, 15) is 0 Å². The number of ether oxygens (including phenoxy) is 1. The molecule has 3 aromatic rings. The molecule has 1 saturated heterocycles. The third kappa shape index (κ3) is 2.27. The van der Waals surface area contributed by atoms with Gasteiger partial charge < -0.3 is 9.72 Å². The van der Waals surface area contributed by atoms with E-state index in [4.69, 9.17) is 4.74 Å². The lowest BCUT2D eigenvalue weighted by atomic mass is 9.69. The van der Waals surface area contributed by atoms with Crippen LogP contribution in [-0.4, -0.2) is 18.2 Å². The second kappa shape index (κ2) is 5.70. The molecule has 0 aliphatic carbocycles. The minimum absolute atomic E-state index is 0.0577. The Hall–Kier alpha value is -1.33. The Morgan fingerprint density at radius 1 is 0.955 bits per heavy atom. The van der Waals surface area contributed by atoms with Crippen LogP contribution in [0.4, 0.5) is 0 Å². The van der Waals surface area contributed by atoms with E-state index in [-0.39, 0.29) is 5.41 Å². The minimum Gasteiger partial charge on any atom is -0.381 e. The van der Waals surface area contributed by atoms with E-state index in [0.717, 1.165) is 26.1 Å². The van der Waals surface area contributed by atoms with Crippen LogP contribution >= 0.6 is 22.6 Å². The van der Waals surface area contributed by atoms with E-state index < -0.39 is 0 Å². The Morgan fingerprint density at radius 3 is 2.45 bits per heavy atom. The van der Waals surface area contributed by atoms with Gasteiger partial charge in [0.1, 0.15) is 0 Å². The Labute approximate surface area is 144 Å². The summed E-state index contributed by atoms with van der Waals surface area (Å²) in [4.78, 5) is 3.45. The van der Waals surface area contributed by atoms with E-state index in [1.165, 1.54) is 25.6 Å². The second-order valence-electron chi connectivity index (χ2n) is 5.95. The Bertz CT molecular complexity index is 785. The maximum atomic E-state index is 5.67. The maximum absolute atomic E-state index is 5.67. The average molecular weight is 403 g/mol. The summed E-state index contributed by atoms with van der Waals surface area (Å²) in [6.45, 7) is 1.65. The highest BCUT2D eigenvalue weighted by molar-refractivity contribution is 14.1. The van der Waals surface area contributed by atoms with Gasteiger partial charge in [0.05, 0.1) is 0 Å². The molecule has 1 aliphatic rings. The zero-order valence-corrected chi connectivity index (χ0v) is 14.5. The first-order valence-electron chi connectivity index (χ1n) is 7.70. The van der Waals surface area contributed by atoms with Gasteiger partial charge in [0.2, 0.25) is 0 Å². The van der Waals surface area contributed by atoms with Crippen molar-refractivity contribution in [1.29, 1.82) is 0 Å². The van der Waals surface area contributed by atoms with Gasteiger partial charge in [-0.25, -0.2) is 0 Å². The summed E-state index contributed by atoms with van der Waals surface area (Å²) in [7, 11) is 0. The normalized spacial score (nSPS) is 17.7. The zero-order chi connectivity index (χ0) is 15.0. The van der Waals surface area contributed by atoms with E-state index in [1.54, 1.807) is 0 Å². The number of para-hydroxylation sites is 1. The summed E-state index contributed by atoms with van der Waals surface area (Å²) in [6, 6.07) is 17.6. The van der Waals surface area contributed by atoms with Crippen LogP contribution in [-0.2, 0) is 10.2 Å². The zero-order valence-electron chi connectivity index (χ0n) is 12.3. The number of aromatic nitrogens is 1. The van der Waals surface area contributed by atoms with Crippen LogP contribution in [0.5, 0.6) is 0 Å². The molecule has 0 radical (unpaired) electrons. The van der Waals surface area contributed by atoms with Gasteiger partial charge in [-0.3, -0.25) is 0 Å². The largest absolute Gasteiger partial charge is 0.381 e. The van der Waals surface area contributed by atoms with Gasteiger partial charge in [-0.05, 0) is 64.8 Å². The lowest BCUT2D eigenvalue weighted by molar-refractivity contribution is 0.0635. The number of halogens is 1. The molecule has 1 aliphatic heterocycles. The summed E-state index contributed by atoms with van der Waals surface area (Å²) < 4.78 is 6.95. The third-order valence-corrected chi connectivity index (χ3v) is 5.57. The van der Waals surface area contributed by atoms with Gasteiger partial charge in [-0.15, -0.1) is 0 Å². The molecule has 22 heavy (non-hydrogen) atoms. The molecule has 1 N–H and O–H groups in total. The van der Waals surface area contributed by atoms with E-state index in [1.807, 2.05) is 0 Å². The predicted molar refractivity (Wildman–Crippen MR) is 98.3 cm³/mol. The molecule has 0 saturated carbocycles. The predicted octanol–water partition coefficient (Wildman–Crippen LogP) is 4.87. The lowest BCUT2D eigenvalue weighted by Gasteiger charge is -2.38. The molecule has 0 unspecified atom stereocenters. The number of benzene rings is 2. The monoisotopic (exact) mass is 403 g/mol. The number of H-pyrrole nitrogens is 1. The molecule has 0 bridgehead atoms. The van der Waals surface area contributed by atoms with Crippen molar-refractivity contribution in [1.82, 2.24) is 4.98 Å². The molecule has 112 valence electrons. The summed E-state index contributed by atoms with van der Waals surface area (Å²) in [5.41, 5.74) is 4.09. The molecule has 4 rings (SSSR count). The van der Waals surface area contributed by atoms with Crippen molar-refractivity contribution in [2.75, 3.05) is 13.2 Å². The fraction of sp³-hybridized carbons (Fsp3) is 0.263. The number of hydrogen-bond acceptors (Lipinski definition) is 1. The fourth-order valence-electron chi connectivity index (χ4n) is 3.67. The van der Waals surface area contributed by atoms with Crippen molar-refractivity contribution < 1.29 is 4.74 Å². The lowest BCUT2D eigenvalue weighted by Crippen LogP contribution is -2.34. The molecule has 0 atom stereocenters. The Morgan fingerprint density at radius 2 is 1.68 bits per heavy atom. The standard InChI is InChI=1S/C19H18INO/c20-15-7-5-14(6-8-15)19(9-11-22-12-10-19)17-13-21-18-4-2-1-3-16(17)18/h1-8,13,21H,9-12H2. The Kier molecular flexibility index (Phi) is 3.70.